The van der Waals surface area contributed by atoms with Gasteiger partial charge in [0.2, 0.25) is 0 Å². The van der Waals surface area contributed by atoms with Crippen LogP contribution in [-0.4, -0.2) is 10.5 Å². The second-order valence-corrected chi connectivity index (χ2v) is 5.90. The number of halogens is 1. The van der Waals surface area contributed by atoms with Crippen molar-refractivity contribution in [2.24, 2.45) is 7.05 Å². The van der Waals surface area contributed by atoms with Crippen molar-refractivity contribution in [3.05, 3.63) is 70.4 Å². The molecule has 0 saturated carbocycles. The van der Waals surface area contributed by atoms with E-state index in [9.17, 15) is 4.79 Å². The number of aromatic nitrogens is 1. The van der Waals surface area contributed by atoms with Crippen LogP contribution in [0.1, 0.15) is 21.6 Å². The average Bonchev–Trinajstić information content (AvgIpc) is 2.83. The molecule has 22 heavy (non-hydrogen) atoms. The topological polar surface area (TPSA) is 34.0 Å². The predicted molar refractivity (Wildman–Crippen MR) is 90.3 cm³/mol. The average molecular weight is 313 g/mol. The van der Waals surface area contributed by atoms with Gasteiger partial charge in [-0.15, -0.1) is 0 Å². The van der Waals surface area contributed by atoms with Crippen LogP contribution in [0.3, 0.4) is 0 Å². The minimum atomic E-state index is -0.0876. The third-order valence-corrected chi connectivity index (χ3v) is 4.05. The van der Waals surface area contributed by atoms with Crippen molar-refractivity contribution in [3.63, 3.8) is 0 Å². The number of amides is 1. The number of carbonyl (C=O) groups is 1. The molecule has 1 heterocycles. The quantitative estimate of drug-likeness (QED) is 0.777. The Morgan fingerprint density at radius 1 is 1.14 bits per heavy atom. The molecule has 0 unspecified atom stereocenters. The molecular formula is C18H17ClN2O. The lowest BCUT2D eigenvalue weighted by Gasteiger charge is -2.07. The minimum absolute atomic E-state index is 0.0876. The number of nitrogens with zero attached hydrogens (tertiary/aromatic N) is 1. The van der Waals surface area contributed by atoms with E-state index in [2.05, 4.69) is 5.32 Å². The van der Waals surface area contributed by atoms with Gasteiger partial charge in [0, 0.05) is 29.5 Å². The molecule has 2 aromatic carbocycles. The Labute approximate surface area is 134 Å². The normalized spacial score (nSPS) is 10.9. The predicted octanol–water partition coefficient (Wildman–Crippen LogP) is 4.07. The molecule has 0 aliphatic heterocycles. The van der Waals surface area contributed by atoms with Crippen molar-refractivity contribution < 1.29 is 4.79 Å². The molecular weight excluding hydrogens is 296 g/mol. The van der Waals surface area contributed by atoms with E-state index in [0.29, 0.717) is 17.3 Å². The van der Waals surface area contributed by atoms with Gasteiger partial charge in [-0.25, -0.2) is 0 Å². The van der Waals surface area contributed by atoms with E-state index < -0.39 is 0 Å². The van der Waals surface area contributed by atoms with E-state index in [4.69, 9.17) is 11.6 Å². The second-order valence-electron chi connectivity index (χ2n) is 5.46. The number of aryl methyl sites for hydroxylation is 2. The lowest BCUT2D eigenvalue weighted by atomic mass is 10.1. The highest BCUT2D eigenvalue weighted by molar-refractivity contribution is 6.31. The first kappa shape index (κ1) is 14.7. The maximum atomic E-state index is 12.4. The van der Waals surface area contributed by atoms with Crippen LogP contribution in [0.4, 0.5) is 0 Å². The summed E-state index contributed by atoms with van der Waals surface area (Å²) in [4.78, 5) is 12.4. The summed E-state index contributed by atoms with van der Waals surface area (Å²) >= 11 is 6.02. The molecule has 0 spiro atoms. The second kappa shape index (κ2) is 5.85. The van der Waals surface area contributed by atoms with Crippen LogP contribution in [0.25, 0.3) is 10.9 Å². The molecule has 0 atom stereocenters. The van der Waals surface area contributed by atoms with Crippen LogP contribution in [0.5, 0.6) is 0 Å². The van der Waals surface area contributed by atoms with Gasteiger partial charge in [0.05, 0.1) is 0 Å². The van der Waals surface area contributed by atoms with Gasteiger partial charge < -0.3 is 9.88 Å². The Morgan fingerprint density at radius 2 is 1.86 bits per heavy atom. The molecule has 3 aromatic rings. The smallest absolute Gasteiger partial charge is 0.268 e. The Kier molecular flexibility index (Phi) is 3.90. The van der Waals surface area contributed by atoms with Crippen molar-refractivity contribution in [3.8, 4) is 0 Å². The first-order valence-corrected chi connectivity index (χ1v) is 7.51. The molecule has 0 aliphatic carbocycles. The van der Waals surface area contributed by atoms with Crippen molar-refractivity contribution in [2.75, 3.05) is 0 Å². The number of nitrogens with one attached hydrogen (secondary N) is 1. The Bertz CT molecular complexity index is 834. The molecule has 1 aromatic heterocycles. The minimum Gasteiger partial charge on any atom is -0.347 e. The van der Waals surface area contributed by atoms with E-state index >= 15 is 0 Å². The summed E-state index contributed by atoms with van der Waals surface area (Å²) in [5, 5.41) is 4.63. The van der Waals surface area contributed by atoms with Crippen molar-refractivity contribution in [1.82, 2.24) is 9.88 Å². The number of hydrogen-bond donors (Lipinski definition) is 1. The summed E-state index contributed by atoms with van der Waals surface area (Å²) in [6.07, 6.45) is 0. The largest absolute Gasteiger partial charge is 0.347 e. The van der Waals surface area contributed by atoms with E-state index in [1.807, 2.05) is 67.1 Å². The van der Waals surface area contributed by atoms with Gasteiger partial charge in [-0.1, -0.05) is 47.5 Å². The zero-order valence-corrected chi connectivity index (χ0v) is 13.3. The number of benzene rings is 2. The van der Waals surface area contributed by atoms with Gasteiger partial charge in [-0.2, -0.15) is 0 Å². The van der Waals surface area contributed by atoms with Crippen LogP contribution in [0, 0.1) is 6.92 Å². The summed E-state index contributed by atoms with van der Waals surface area (Å²) < 4.78 is 1.87. The molecule has 4 heteroatoms. The van der Waals surface area contributed by atoms with Crippen LogP contribution in [0.2, 0.25) is 5.02 Å². The molecule has 3 nitrogen and oxygen atoms in total. The van der Waals surface area contributed by atoms with Crippen molar-refractivity contribution in [1.29, 1.82) is 0 Å². The summed E-state index contributed by atoms with van der Waals surface area (Å²) in [6, 6.07) is 15.6. The maximum absolute atomic E-state index is 12.4. The number of rotatable bonds is 3. The lowest BCUT2D eigenvalue weighted by molar-refractivity contribution is 0.0943. The van der Waals surface area contributed by atoms with Gasteiger partial charge in [-0.05, 0) is 30.7 Å². The number of carbonyl (C=O) groups excluding carboxylic acids is 1. The Hall–Kier alpha value is -2.26. The van der Waals surface area contributed by atoms with Crippen molar-refractivity contribution in [2.45, 2.75) is 13.5 Å². The summed E-state index contributed by atoms with van der Waals surface area (Å²) in [5.74, 6) is -0.0876. The first-order valence-electron chi connectivity index (χ1n) is 7.13. The molecule has 112 valence electrons. The SMILES string of the molecule is Cc1ccc(CNC(=O)c2cc3ccc(Cl)cc3n2C)cc1. The molecule has 0 fully saturated rings. The van der Waals surface area contributed by atoms with Gasteiger partial charge in [0.25, 0.3) is 5.91 Å². The van der Waals surface area contributed by atoms with E-state index in [1.165, 1.54) is 5.56 Å². The zero-order chi connectivity index (χ0) is 15.7. The fourth-order valence-corrected chi connectivity index (χ4v) is 2.67. The summed E-state index contributed by atoms with van der Waals surface area (Å²) in [7, 11) is 1.87. The number of hydrogen-bond acceptors (Lipinski definition) is 1. The third-order valence-electron chi connectivity index (χ3n) is 3.81. The molecule has 0 radical (unpaired) electrons. The third kappa shape index (κ3) is 2.85. The monoisotopic (exact) mass is 312 g/mol. The number of fused-ring (bicyclic) bond motifs is 1. The molecule has 3 rings (SSSR count). The van der Waals surface area contributed by atoms with E-state index in [-0.39, 0.29) is 5.91 Å². The maximum Gasteiger partial charge on any atom is 0.268 e. The molecule has 0 aliphatic rings. The molecule has 1 amide bonds. The molecule has 0 bridgehead atoms. The van der Waals surface area contributed by atoms with Crippen LogP contribution in [0.15, 0.2) is 48.5 Å². The Morgan fingerprint density at radius 3 is 2.59 bits per heavy atom. The fraction of sp³-hybridized carbons (Fsp3) is 0.167. The highest BCUT2D eigenvalue weighted by Gasteiger charge is 2.13. The van der Waals surface area contributed by atoms with E-state index in [1.54, 1.807) is 0 Å². The molecule has 0 saturated heterocycles. The zero-order valence-electron chi connectivity index (χ0n) is 12.6. The van der Waals surface area contributed by atoms with Crippen LogP contribution >= 0.6 is 11.6 Å². The van der Waals surface area contributed by atoms with Crippen molar-refractivity contribution >= 4 is 28.4 Å². The van der Waals surface area contributed by atoms with Crippen LogP contribution < -0.4 is 5.32 Å². The fourth-order valence-electron chi connectivity index (χ4n) is 2.50. The van der Waals surface area contributed by atoms with Gasteiger partial charge in [-0.3, -0.25) is 4.79 Å². The highest BCUT2D eigenvalue weighted by Crippen LogP contribution is 2.22. The summed E-state index contributed by atoms with van der Waals surface area (Å²) in [6.45, 7) is 2.56. The Balaban J connectivity index is 1.80. The first-order chi connectivity index (χ1) is 10.5. The molecule has 1 N–H and O–H groups in total. The van der Waals surface area contributed by atoms with Gasteiger partial charge >= 0.3 is 0 Å². The van der Waals surface area contributed by atoms with E-state index in [0.717, 1.165) is 16.5 Å². The summed E-state index contributed by atoms with van der Waals surface area (Å²) in [5.41, 5.74) is 3.87. The van der Waals surface area contributed by atoms with Gasteiger partial charge in [0.15, 0.2) is 0 Å². The standard InChI is InChI=1S/C18H17ClN2O/c1-12-3-5-13(6-4-12)11-20-18(22)17-9-14-7-8-15(19)10-16(14)21(17)2/h3-10H,11H2,1-2H3,(H,20,22). The lowest BCUT2D eigenvalue weighted by Crippen LogP contribution is -2.24. The highest BCUT2D eigenvalue weighted by atomic mass is 35.5. The van der Waals surface area contributed by atoms with Crippen LogP contribution in [-0.2, 0) is 13.6 Å². The van der Waals surface area contributed by atoms with Gasteiger partial charge in [0.1, 0.15) is 5.69 Å².